The minimum atomic E-state index is -0.0138. The Labute approximate surface area is 157 Å². The van der Waals surface area contributed by atoms with Crippen molar-refractivity contribution < 1.29 is 9.53 Å². The molecule has 0 spiro atoms. The van der Waals surface area contributed by atoms with E-state index in [0.29, 0.717) is 30.4 Å². The number of hydrogen-bond donors (Lipinski definition) is 0. The molecule has 1 saturated carbocycles. The van der Waals surface area contributed by atoms with Crippen LogP contribution in [0.25, 0.3) is 0 Å². The average molecular weight is 362 g/mol. The van der Waals surface area contributed by atoms with Gasteiger partial charge in [0.25, 0.3) is 0 Å². The highest BCUT2D eigenvalue weighted by Gasteiger charge is 2.50. The molecule has 3 rings (SSSR count). The first-order chi connectivity index (χ1) is 12.6. The van der Waals surface area contributed by atoms with Crippen molar-refractivity contribution in [1.82, 2.24) is 15.0 Å². The van der Waals surface area contributed by atoms with E-state index in [1.807, 2.05) is 6.92 Å². The smallest absolute Gasteiger partial charge is 0.308 e. The van der Waals surface area contributed by atoms with Crippen molar-refractivity contribution in [3.05, 3.63) is 11.4 Å². The minimum absolute atomic E-state index is 0.0138. The lowest BCUT2D eigenvalue weighted by Gasteiger charge is -2.15. The zero-order valence-electron chi connectivity index (χ0n) is 16.9. The number of aryl methyl sites for hydroxylation is 1. The summed E-state index contributed by atoms with van der Waals surface area (Å²) in [5.41, 5.74) is 2.55. The zero-order chi connectivity index (χ0) is 18.7. The molecule has 0 N–H and O–H groups in total. The van der Waals surface area contributed by atoms with E-state index in [4.69, 9.17) is 4.74 Å². The first-order valence-corrected chi connectivity index (χ1v) is 10.7. The van der Waals surface area contributed by atoms with Gasteiger partial charge in [-0.15, -0.1) is 5.10 Å². The molecule has 0 aliphatic heterocycles. The van der Waals surface area contributed by atoms with Gasteiger partial charge >= 0.3 is 5.97 Å². The maximum atomic E-state index is 12.1. The molecule has 1 fully saturated rings. The van der Waals surface area contributed by atoms with Gasteiger partial charge in [-0.05, 0) is 63.2 Å². The van der Waals surface area contributed by atoms with Gasteiger partial charge in [-0.25, -0.2) is 4.68 Å². The van der Waals surface area contributed by atoms with E-state index in [1.54, 1.807) is 0 Å². The van der Waals surface area contributed by atoms with E-state index in [2.05, 4.69) is 35.8 Å². The Kier molecular flexibility index (Phi) is 6.36. The zero-order valence-corrected chi connectivity index (χ0v) is 16.9. The number of carbonyl (C=O) groups excluding carboxylic acids is 1. The van der Waals surface area contributed by atoms with Crippen molar-refractivity contribution in [2.24, 2.45) is 23.7 Å². The summed E-state index contributed by atoms with van der Waals surface area (Å²) in [5, 5.41) is 8.94. The van der Waals surface area contributed by atoms with Crippen LogP contribution in [0.2, 0.25) is 0 Å². The maximum Gasteiger partial charge on any atom is 0.308 e. The minimum Gasteiger partial charge on any atom is -0.465 e. The van der Waals surface area contributed by atoms with Crippen molar-refractivity contribution >= 4 is 5.97 Å². The molecule has 5 heteroatoms. The van der Waals surface area contributed by atoms with E-state index >= 15 is 0 Å². The second kappa shape index (κ2) is 8.53. The van der Waals surface area contributed by atoms with Crippen LogP contribution in [0.3, 0.4) is 0 Å². The Balaban J connectivity index is 1.54. The summed E-state index contributed by atoms with van der Waals surface area (Å²) in [5.74, 6) is 2.00. The van der Waals surface area contributed by atoms with E-state index in [0.717, 1.165) is 38.5 Å². The number of hydrogen-bond acceptors (Lipinski definition) is 4. The first-order valence-electron chi connectivity index (χ1n) is 10.7. The molecule has 1 heterocycles. The van der Waals surface area contributed by atoms with Crippen LogP contribution in [-0.2, 0) is 22.4 Å². The van der Waals surface area contributed by atoms with Crippen LogP contribution in [0.5, 0.6) is 0 Å². The molecule has 26 heavy (non-hydrogen) atoms. The fourth-order valence-corrected chi connectivity index (χ4v) is 4.80. The molecule has 0 aromatic carbocycles. The van der Waals surface area contributed by atoms with Crippen LogP contribution < -0.4 is 0 Å². The SMILES string of the molecule is CCCC(C)C(=O)OC[C@@H]1[C@@H]2CCc3nnn(C(C)CCC)c3CC[C@@H]21. The Morgan fingerprint density at radius 3 is 2.54 bits per heavy atom. The molecule has 146 valence electrons. The van der Waals surface area contributed by atoms with Crippen LogP contribution in [-0.4, -0.2) is 27.6 Å². The number of ether oxygens (including phenoxy) is 1. The Morgan fingerprint density at radius 2 is 1.85 bits per heavy atom. The number of fused-ring (bicyclic) bond motifs is 2. The van der Waals surface area contributed by atoms with Crippen molar-refractivity contribution in [3.8, 4) is 0 Å². The molecule has 1 aromatic heterocycles. The highest BCUT2D eigenvalue weighted by molar-refractivity contribution is 5.71. The van der Waals surface area contributed by atoms with Gasteiger partial charge in [-0.3, -0.25) is 4.79 Å². The second-order valence-corrected chi connectivity index (χ2v) is 8.45. The average Bonchev–Trinajstić information content (AvgIpc) is 3.09. The second-order valence-electron chi connectivity index (χ2n) is 8.45. The molecular formula is C21H35N3O2. The molecule has 2 unspecified atom stereocenters. The lowest BCUT2D eigenvalue weighted by Crippen LogP contribution is -2.16. The highest BCUT2D eigenvalue weighted by Crippen LogP contribution is 2.53. The van der Waals surface area contributed by atoms with Crippen LogP contribution in [0.1, 0.15) is 83.6 Å². The quantitative estimate of drug-likeness (QED) is 0.646. The van der Waals surface area contributed by atoms with Gasteiger partial charge in [0.15, 0.2) is 0 Å². The Bertz CT molecular complexity index is 612. The molecule has 0 amide bonds. The molecule has 2 aliphatic rings. The van der Waals surface area contributed by atoms with Crippen LogP contribution in [0.4, 0.5) is 0 Å². The third-order valence-electron chi connectivity index (χ3n) is 6.48. The number of carbonyl (C=O) groups is 1. The van der Waals surface area contributed by atoms with Crippen LogP contribution >= 0.6 is 0 Å². The van der Waals surface area contributed by atoms with Crippen LogP contribution in [0.15, 0.2) is 0 Å². The maximum absolute atomic E-state index is 12.1. The van der Waals surface area contributed by atoms with Gasteiger partial charge in [-0.2, -0.15) is 0 Å². The lowest BCUT2D eigenvalue weighted by atomic mass is 10.0. The predicted octanol–water partition coefficient (Wildman–Crippen LogP) is 4.36. The highest BCUT2D eigenvalue weighted by atomic mass is 16.5. The Hall–Kier alpha value is -1.39. The van der Waals surface area contributed by atoms with E-state index in [-0.39, 0.29) is 11.9 Å². The molecule has 0 radical (unpaired) electrons. The molecule has 0 bridgehead atoms. The van der Waals surface area contributed by atoms with Crippen molar-refractivity contribution in [3.63, 3.8) is 0 Å². The fourth-order valence-electron chi connectivity index (χ4n) is 4.80. The normalized spacial score (nSPS) is 26.8. The summed E-state index contributed by atoms with van der Waals surface area (Å²) in [6.45, 7) is 9.17. The van der Waals surface area contributed by atoms with E-state index in [9.17, 15) is 4.79 Å². The summed E-state index contributed by atoms with van der Waals surface area (Å²) in [7, 11) is 0. The largest absolute Gasteiger partial charge is 0.465 e. The van der Waals surface area contributed by atoms with Gasteiger partial charge < -0.3 is 4.74 Å². The van der Waals surface area contributed by atoms with E-state index < -0.39 is 0 Å². The van der Waals surface area contributed by atoms with Gasteiger partial charge in [-0.1, -0.05) is 38.8 Å². The summed E-state index contributed by atoms with van der Waals surface area (Å²) >= 11 is 0. The van der Waals surface area contributed by atoms with Gasteiger partial charge in [0.1, 0.15) is 0 Å². The van der Waals surface area contributed by atoms with Crippen molar-refractivity contribution in [2.75, 3.05) is 6.61 Å². The molecular weight excluding hydrogens is 326 g/mol. The number of nitrogens with zero attached hydrogens (tertiary/aromatic N) is 3. The number of rotatable bonds is 8. The third kappa shape index (κ3) is 4.12. The first kappa shape index (κ1) is 19.4. The molecule has 5 nitrogen and oxygen atoms in total. The van der Waals surface area contributed by atoms with Gasteiger partial charge in [0.2, 0.25) is 0 Å². The molecule has 2 aliphatic carbocycles. The standard InChI is InChI=1S/C21H35N3O2/c1-5-7-14(3)21(25)26-13-18-16-9-11-19-20(12-10-17(16)18)24(23-22-19)15(4)8-6-2/h14-18H,5-13H2,1-4H3/t14?,15?,16-,17+,18-/m1/s1. The summed E-state index contributed by atoms with van der Waals surface area (Å²) < 4.78 is 7.80. The van der Waals surface area contributed by atoms with Crippen molar-refractivity contribution in [2.45, 2.75) is 85.1 Å². The lowest BCUT2D eigenvalue weighted by molar-refractivity contribution is -0.148. The third-order valence-corrected chi connectivity index (χ3v) is 6.48. The van der Waals surface area contributed by atoms with Crippen LogP contribution in [0, 0.1) is 23.7 Å². The van der Waals surface area contributed by atoms with Gasteiger partial charge in [0, 0.05) is 0 Å². The number of esters is 1. The summed E-state index contributed by atoms with van der Waals surface area (Å²) in [6.07, 6.45) is 8.69. The topological polar surface area (TPSA) is 57.0 Å². The predicted molar refractivity (Wildman–Crippen MR) is 102 cm³/mol. The Morgan fingerprint density at radius 1 is 1.15 bits per heavy atom. The number of aromatic nitrogens is 3. The molecule has 0 saturated heterocycles. The molecule has 5 atom stereocenters. The van der Waals surface area contributed by atoms with Crippen molar-refractivity contribution in [1.29, 1.82) is 0 Å². The van der Waals surface area contributed by atoms with E-state index in [1.165, 1.54) is 24.2 Å². The van der Waals surface area contributed by atoms with Gasteiger partial charge in [0.05, 0.1) is 30.0 Å². The fraction of sp³-hybridized carbons (Fsp3) is 0.857. The monoisotopic (exact) mass is 361 g/mol. The summed E-state index contributed by atoms with van der Waals surface area (Å²) in [4.78, 5) is 12.1. The summed E-state index contributed by atoms with van der Waals surface area (Å²) in [6, 6.07) is 0.433. The molecule has 1 aromatic rings.